The van der Waals surface area contributed by atoms with Gasteiger partial charge in [-0.15, -0.1) is 0 Å². The number of amides is 1. The predicted molar refractivity (Wildman–Crippen MR) is 104 cm³/mol. The van der Waals surface area contributed by atoms with Gasteiger partial charge in [-0.05, 0) is 44.0 Å². The van der Waals surface area contributed by atoms with Crippen LogP contribution in [0.15, 0.2) is 53.1 Å². The van der Waals surface area contributed by atoms with Crippen molar-refractivity contribution in [1.82, 2.24) is 15.0 Å². The highest BCUT2D eigenvalue weighted by molar-refractivity contribution is 5.96. The first kappa shape index (κ1) is 20.1. The quantitative estimate of drug-likeness (QED) is 0.598. The van der Waals surface area contributed by atoms with Crippen LogP contribution >= 0.6 is 0 Å². The van der Waals surface area contributed by atoms with E-state index in [1.165, 1.54) is 23.1 Å². The summed E-state index contributed by atoms with van der Waals surface area (Å²) in [5.74, 6) is 0.393. The van der Waals surface area contributed by atoms with E-state index < -0.39 is 17.6 Å². The number of carbonyl (C=O) groups excluding carboxylic acids is 1. The molecule has 1 aliphatic rings. The molecule has 0 radical (unpaired) electrons. The number of aromatic nitrogens is 2. The Morgan fingerprint density at radius 1 is 1.10 bits per heavy atom. The van der Waals surface area contributed by atoms with E-state index in [0.717, 1.165) is 17.2 Å². The molecule has 0 bridgehead atoms. The molecule has 0 spiro atoms. The van der Waals surface area contributed by atoms with Crippen LogP contribution in [0.25, 0.3) is 11.5 Å². The second kappa shape index (κ2) is 7.93. The molecule has 1 fully saturated rings. The minimum Gasteiger partial charge on any atom is -0.339 e. The van der Waals surface area contributed by atoms with Gasteiger partial charge in [-0.25, -0.2) is 0 Å². The van der Waals surface area contributed by atoms with Crippen LogP contribution in [-0.4, -0.2) is 34.0 Å². The summed E-state index contributed by atoms with van der Waals surface area (Å²) in [5.41, 5.74) is 0.700. The van der Waals surface area contributed by atoms with Crippen LogP contribution in [0.5, 0.6) is 0 Å². The topological polar surface area (TPSA) is 59.2 Å². The SMILES string of the molecule is Cc1cccc(-c2nc(C3CCN(C(=O)c4ccccc4C(F)(F)F)CC3)no2)c1. The number of benzene rings is 2. The van der Waals surface area contributed by atoms with Crippen LogP contribution in [0.1, 0.15) is 46.1 Å². The van der Waals surface area contributed by atoms with Crippen molar-refractivity contribution in [2.45, 2.75) is 31.9 Å². The Morgan fingerprint density at radius 3 is 2.53 bits per heavy atom. The molecule has 5 nitrogen and oxygen atoms in total. The summed E-state index contributed by atoms with van der Waals surface area (Å²) in [6.45, 7) is 2.65. The highest BCUT2D eigenvalue weighted by Gasteiger charge is 2.36. The zero-order chi connectivity index (χ0) is 21.3. The second-order valence-corrected chi connectivity index (χ2v) is 7.44. The number of halogens is 3. The summed E-state index contributed by atoms with van der Waals surface area (Å²) in [7, 11) is 0. The molecule has 0 unspecified atom stereocenters. The van der Waals surface area contributed by atoms with Crippen molar-refractivity contribution in [3.8, 4) is 11.5 Å². The van der Waals surface area contributed by atoms with E-state index in [1.54, 1.807) is 0 Å². The third-order valence-corrected chi connectivity index (χ3v) is 5.32. The number of aryl methyl sites for hydroxylation is 1. The van der Waals surface area contributed by atoms with Crippen molar-refractivity contribution in [3.05, 3.63) is 71.0 Å². The second-order valence-electron chi connectivity index (χ2n) is 7.44. The smallest absolute Gasteiger partial charge is 0.339 e. The molecule has 1 aromatic heterocycles. The molecule has 8 heteroatoms. The van der Waals surface area contributed by atoms with Crippen LogP contribution in [-0.2, 0) is 6.18 Å². The van der Waals surface area contributed by atoms with Gasteiger partial charge >= 0.3 is 6.18 Å². The normalized spacial score (nSPS) is 15.4. The van der Waals surface area contributed by atoms with Gasteiger partial charge in [0, 0.05) is 24.6 Å². The van der Waals surface area contributed by atoms with Crippen molar-refractivity contribution < 1.29 is 22.5 Å². The van der Waals surface area contributed by atoms with Crippen molar-refractivity contribution >= 4 is 5.91 Å². The number of likely N-dealkylation sites (tertiary alicyclic amines) is 1. The number of alkyl halides is 3. The number of carbonyl (C=O) groups is 1. The maximum absolute atomic E-state index is 13.2. The lowest BCUT2D eigenvalue weighted by Gasteiger charge is -2.31. The molecule has 156 valence electrons. The molecule has 1 amide bonds. The van der Waals surface area contributed by atoms with E-state index in [0.29, 0.717) is 37.6 Å². The molecule has 0 aliphatic carbocycles. The Kier molecular flexibility index (Phi) is 5.32. The van der Waals surface area contributed by atoms with Crippen molar-refractivity contribution in [3.63, 3.8) is 0 Å². The molecule has 4 rings (SSSR count). The summed E-state index contributed by atoms with van der Waals surface area (Å²) in [4.78, 5) is 18.7. The summed E-state index contributed by atoms with van der Waals surface area (Å²) in [6, 6.07) is 12.6. The lowest BCUT2D eigenvalue weighted by molar-refractivity contribution is -0.138. The van der Waals surface area contributed by atoms with Crippen molar-refractivity contribution in [1.29, 1.82) is 0 Å². The van der Waals surface area contributed by atoms with E-state index in [4.69, 9.17) is 4.52 Å². The molecule has 3 aromatic rings. The van der Waals surface area contributed by atoms with Crippen LogP contribution in [0.3, 0.4) is 0 Å². The van der Waals surface area contributed by atoms with Gasteiger partial charge in [0.05, 0.1) is 11.1 Å². The van der Waals surface area contributed by atoms with E-state index in [9.17, 15) is 18.0 Å². The third-order valence-electron chi connectivity index (χ3n) is 5.32. The van der Waals surface area contributed by atoms with E-state index in [2.05, 4.69) is 10.1 Å². The van der Waals surface area contributed by atoms with Gasteiger partial charge in [0.2, 0.25) is 0 Å². The molecule has 1 saturated heterocycles. The number of hydrogen-bond acceptors (Lipinski definition) is 4. The van der Waals surface area contributed by atoms with Gasteiger partial charge in [0.1, 0.15) is 0 Å². The van der Waals surface area contributed by atoms with Gasteiger partial charge in [0.15, 0.2) is 5.82 Å². The molecule has 2 aromatic carbocycles. The molecular formula is C22H20F3N3O2. The van der Waals surface area contributed by atoms with Crippen molar-refractivity contribution in [2.24, 2.45) is 0 Å². The first-order valence-electron chi connectivity index (χ1n) is 9.69. The Labute approximate surface area is 171 Å². The molecule has 30 heavy (non-hydrogen) atoms. The van der Waals surface area contributed by atoms with Gasteiger partial charge < -0.3 is 9.42 Å². The van der Waals surface area contributed by atoms with Crippen LogP contribution in [0, 0.1) is 6.92 Å². The number of rotatable bonds is 3. The average molecular weight is 415 g/mol. The fourth-order valence-corrected chi connectivity index (χ4v) is 3.72. The van der Waals surface area contributed by atoms with Crippen LogP contribution < -0.4 is 0 Å². The van der Waals surface area contributed by atoms with E-state index in [-0.39, 0.29) is 11.5 Å². The van der Waals surface area contributed by atoms with Gasteiger partial charge in [-0.3, -0.25) is 4.79 Å². The Bertz CT molecular complexity index is 1050. The number of hydrogen-bond donors (Lipinski definition) is 0. The molecule has 1 aliphatic heterocycles. The van der Waals surface area contributed by atoms with Gasteiger partial charge in [-0.2, -0.15) is 18.2 Å². The minimum absolute atomic E-state index is 0.00535. The molecule has 2 heterocycles. The van der Waals surface area contributed by atoms with Crippen LogP contribution in [0.2, 0.25) is 0 Å². The molecular weight excluding hydrogens is 395 g/mol. The summed E-state index contributed by atoms with van der Waals surface area (Å²) in [5, 5.41) is 4.08. The number of piperidine rings is 1. The fourth-order valence-electron chi connectivity index (χ4n) is 3.72. The first-order chi connectivity index (χ1) is 14.3. The minimum atomic E-state index is -4.57. The Balaban J connectivity index is 1.44. The molecule has 0 atom stereocenters. The predicted octanol–water partition coefficient (Wildman–Crippen LogP) is 5.08. The van der Waals surface area contributed by atoms with Gasteiger partial charge in [-0.1, -0.05) is 35.0 Å². The Hall–Kier alpha value is -3.16. The van der Waals surface area contributed by atoms with Gasteiger partial charge in [0.25, 0.3) is 11.8 Å². The fraction of sp³-hybridized carbons (Fsp3) is 0.318. The Morgan fingerprint density at radius 2 is 1.83 bits per heavy atom. The maximum atomic E-state index is 13.2. The van der Waals surface area contributed by atoms with Crippen molar-refractivity contribution in [2.75, 3.05) is 13.1 Å². The summed E-state index contributed by atoms with van der Waals surface area (Å²) < 4.78 is 45.1. The lowest BCUT2D eigenvalue weighted by atomic mass is 9.95. The highest BCUT2D eigenvalue weighted by Crippen LogP contribution is 2.34. The zero-order valence-corrected chi connectivity index (χ0v) is 16.3. The zero-order valence-electron chi connectivity index (χ0n) is 16.3. The third kappa shape index (κ3) is 4.08. The van der Waals surface area contributed by atoms with E-state index >= 15 is 0 Å². The molecule has 0 saturated carbocycles. The lowest BCUT2D eigenvalue weighted by Crippen LogP contribution is -2.39. The number of nitrogens with zero attached hydrogens (tertiary/aromatic N) is 3. The summed E-state index contributed by atoms with van der Waals surface area (Å²) in [6.07, 6.45) is -3.44. The molecule has 0 N–H and O–H groups in total. The first-order valence-corrected chi connectivity index (χ1v) is 9.69. The maximum Gasteiger partial charge on any atom is 0.417 e. The monoisotopic (exact) mass is 415 g/mol. The average Bonchev–Trinajstić information content (AvgIpc) is 3.23. The van der Waals surface area contributed by atoms with Crippen LogP contribution in [0.4, 0.5) is 13.2 Å². The standard InChI is InChI=1S/C22H20F3N3O2/c1-14-5-4-6-16(13-14)20-26-19(27-30-20)15-9-11-28(12-10-15)21(29)17-7-2-3-8-18(17)22(23,24)25/h2-8,13,15H,9-12H2,1H3. The van der Waals surface area contributed by atoms with E-state index in [1.807, 2.05) is 31.2 Å². The summed E-state index contributed by atoms with van der Waals surface area (Å²) >= 11 is 0. The highest BCUT2D eigenvalue weighted by atomic mass is 19.4. The largest absolute Gasteiger partial charge is 0.417 e.